The number of ether oxygens (including phenoxy) is 1. The van der Waals surface area contributed by atoms with E-state index in [1.165, 1.54) is 0 Å². The molecule has 0 heterocycles. The van der Waals surface area contributed by atoms with Crippen LogP contribution in [0.3, 0.4) is 0 Å². The second-order valence-corrected chi connectivity index (χ2v) is 9.50. The van der Waals surface area contributed by atoms with Gasteiger partial charge in [0.2, 0.25) is 0 Å². The first-order valence-electron chi connectivity index (χ1n) is 6.49. The number of hydrogen-bond acceptors (Lipinski definition) is 5. The van der Waals surface area contributed by atoms with Crippen LogP contribution in [0, 0.1) is 14.3 Å². The topological polar surface area (TPSA) is 253 Å². The maximum Gasteiger partial charge on any atom is 1.00 e. The van der Waals surface area contributed by atoms with Crippen molar-refractivity contribution in [1.29, 1.82) is 0 Å². The van der Waals surface area contributed by atoms with Crippen molar-refractivity contribution in [3.63, 3.8) is 0 Å². The fourth-order valence-corrected chi connectivity index (χ4v) is 5.71. The molecule has 0 radical (unpaired) electrons. The molecule has 2 rings (SSSR count). The van der Waals surface area contributed by atoms with Gasteiger partial charge in [-0.3, -0.25) is 0 Å². The molecule has 0 aliphatic rings. The Labute approximate surface area is 249 Å². The molecule has 0 aliphatic heterocycles. The summed E-state index contributed by atoms with van der Waals surface area (Å²) in [5, 5.41) is 20.6. The normalized spacial score (nSPS) is 9.63. The summed E-state index contributed by atoms with van der Waals surface area (Å²) in [4.78, 5) is 10.8. The van der Waals surface area contributed by atoms with E-state index >= 15 is 0 Å². The van der Waals surface area contributed by atoms with Crippen molar-refractivity contribution in [2.75, 3.05) is 0 Å². The molecule has 0 spiro atoms. The Morgan fingerprint density at radius 1 is 0.933 bits per heavy atom. The van der Waals surface area contributed by atoms with Gasteiger partial charge in [-0.25, -0.2) is 0 Å². The maximum atomic E-state index is 10.8. The molecule has 0 aliphatic carbocycles. The van der Waals surface area contributed by atoms with E-state index in [4.69, 9.17) is 10.5 Å². The van der Waals surface area contributed by atoms with Crippen molar-refractivity contribution < 1.29 is 76.7 Å². The molecule has 10 nitrogen and oxygen atoms in total. The standard InChI is InChI=1S/C15H11I4NO4.Na.5H2O/c16-8-4-7(5-9(17)13(8)21)24-14-10(18)1-6(2-11(14)19)3-12(20)15(22)23;;;;;;/h1-2,4-5,12,21H,3,20H2,(H,22,23);;5*1H2/q;+1;;;;;/p-1. The van der Waals surface area contributed by atoms with E-state index in [-0.39, 0.29) is 69.1 Å². The predicted octanol–water partition coefficient (Wildman–Crippen LogP) is -3.90. The molecule has 0 fully saturated rings. The quantitative estimate of drug-likeness (QED) is 0.225. The van der Waals surface area contributed by atoms with Crippen LogP contribution in [0.4, 0.5) is 0 Å². The fourth-order valence-electron chi connectivity index (χ4n) is 1.88. The summed E-state index contributed by atoms with van der Waals surface area (Å²) in [6.07, 6.45) is 0.198. The van der Waals surface area contributed by atoms with Gasteiger partial charge in [0, 0.05) is 6.04 Å². The van der Waals surface area contributed by atoms with Crippen LogP contribution in [0.25, 0.3) is 0 Å². The van der Waals surface area contributed by atoms with E-state index in [0.29, 0.717) is 18.6 Å². The largest absolute Gasteiger partial charge is 1.00 e. The van der Waals surface area contributed by atoms with E-state index in [2.05, 4.69) is 45.2 Å². The van der Waals surface area contributed by atoms with Crippen LogP contribution < -0.4 is 45.1 Å². The molecular formula is C15H20I4NNaO9. The number of halogens is 4. The van der Waals surface area contributed by atoms with Crippen molar-refractivity contribution in [3.8, 4) is 17.2 Å². The molecule has 1 unspecified atom stereocenters. The van der Waals surface area contributed by atoms with Crippen LogP contribution >= 0.6 is 90.4 Å². The maximum absolute atomic E-state index is 10.8. The molecule has 0 amide bonds. The predicted molar refractivity (Wildman–Crippen MR) is 140 cm³/mol. The van der Waals surface area contributed by atoms with Crippen molar-refractivity contribution in [2.24, 2.45) is 5.73 Å². The van der Waals surface area contributed by atoms with Gasteiger partial charge in [-0.15, -0.1) is 0 Å². The summed E-state index contributed by atoms with van der Waals surface area (Å²) in [6.45, 7) is 0. The molecule has 1 atom stereocenters. The fraction of sp³-hybridized carbons (Fsp3) is 0.133. The van der Waals surface area contributed by atoms with Crippen molar-refractivity contribution in [3.05, 3.63) is 44.1 Å². The number of carboxylic acids is 1. The van der Waals surface area contributed by atoms with Crippen molar-refractivity contribution in [1.82, 2.24) is 0 Å². The summed E-state index contributed by atoms with van der Waals surface area (Å²) in [5.41, 5.74) is 6.34. The average Bonchev–Trinajstić information content (AvgIpc) is 2.48. The number of benzene rings is 2. The van der Waals surface area contributed by atoms with Gasteiger partial charge in [-0.2, -0.15) is 0 Å². The minimum atomic E-state index is -1.27. The van der Waals surface area contributed by atoms with E-state index in [0.717, 1.165) is 12.7 Å². The van der Waals surface area contributed by atoms with Crippen LogP contribution in [0.1, 0.15) is 5.56 Å². The third kappa shape index (κ3) is 11.4. The number of carboxylic acid groups (broad SMARTS) is 1. The number of aliphatic carboxylic acids is 1. The summed E-state index contributed by atoms with van der Waals surface area (Å²) in [5.74, 6) is 0.268. The number of rotatable bonds is 5. The number of phenolic OH excluding ortho intramolecular Hbond substituents is 1. The number of phenols is 1. The smallest absolute Gasteiger partial charge is 0.548 e. The third-order valence-electron chi connectivity index (χ3n) is 3.03. The van der Waals surface area contributed by atoms with Crippen LogP contribution in [-0.4, -0.2) is 44.5 Å². The van der Waals surface area contributed by atoms with Gasteiger partial charge in [0.15, 0.2) is 5.75 Å². The average molecular weight is 889 g/mol. The minimum absolute atomic E-state index is 0. The SMILES string of the molecule is NC(Cc1cc(I)c(Oc2cc(I)c(O)c(I)c2)c(I)c1)C(=O)[O-].O.O.O.O.O.[Na+]. The molecule has 2 aromatic carbocycles. The number of carbonyl (C=O) groups is 1. The zero-order valence-corrected chi connectivity index (χ0v) is 26.0. The number of nitrogens with two attached hydrogens (primary N) is 1. The van der Waals surface area contributed by atoms with Gasteiger partial charge >= 0.3 is 29.6 Å². The second kappa shape index (κ2) is 18.6. The van der Waals surface area contributed by atoms with E-state index < -0.39 is 12.0 Å². The molecule has 13 N–H and O–H groups in total. The van der Waals surface area contributed by atoms with E-state index in [1.807, 2.05) is 57.3 Å². The molecule has 30 heavy (non-hydrogen) atoms. The first kappa shape index (κ1) is 41.4. The molecular weight excluding hydrogens is 869 g/mol. The monoisotopic (exact) mass is 889 g/mol. The summed E-state index contributed by atoms with van der Waals surface area (Å²) in [6, 6.07) is 6.16. The Morgan fingerprint density at radius 2 is 1.33 bits per heavy atom. The molecule has 15 heteroatoms. The zero-order chi connectivity index (χ0) is 18.0. The van der Waals surface area contributed by atoms with Gasteiger partial charge in [0.05, 0.1) is 20.3 Å². The van der Waals surface area contributed by atoms with E-state index in [1.54, 1.807) is 12.1 Å². The van der Waals surface area contributed by atoms with Crippen LogP contribution in [-0.2, 0) is 11.2 Å². The molecule has 0 saturated carbocycles. The van der Waals surface area contributed by atoms with Crippen LogP contribution in [0.15, 0.2) is 24.3 Å². The Bertz CT molecular complexity index is 768. The summed E-state index contributed by atoms with van der Waals surface area (Å²) < 4.78 is 9.07. The first-order chi connectivity index (χ1) is 11.2. The minimum Gasteiger partial charge on any atom is -0.548 e. The number of carbonyl (C=O) groups excluding carboxylic acids is 1. The Kier molecular flexibility index (Phi) is 25.7. The Balaban J connectivity index is -0.000000347. The van der Waals surface area contributed by atoms with Gasteiger partial charge in [0.1, 0.15) is 11.5 Å². The third-order valence-corrected chi connectivity index (χ3v) is 6.27. The Morgan fingerprint density at radius 3 is 1.70 bits per heavy atom. The second-order valence-electron chi connectivity index (χ2n) is 4.86. The molecule has 0 aromatic heterocycles. The number of aromatic hydroxyl groups is 1. The van der Waals surface area contributed by atoms with Crippen LogP contribution in [0.5, 0.6) is 17.2 Å². The van der Waals surface area contributed by atoms with Crippen molar-refractivity contribution >= 4 is 96.3 Å². The van der Waals surface area contributed by atoms with Gasteiger partial charge in [0.25, 0.3) is 0 Å². The van der Waals surface area contributed by atoms with Gasteiger partial charge in [-0.05, 0) is 127 Å². The molecule has 0 saturated heterocycles. The molecule has 0 bridgehead atoms. The number of hydrogen-bond donors (Lipinski definition) is 2. The molecule has 2 aromatic rings. The molecule has 168 valence electrons. The zero-order valence-electron chi connectivity index (χ0n) is 15.4. The van der Waals surface area contributed by atoms with Gasteiger partial charge < -0.3 is 52.9 Å². The van der Waals surface area contributed by atoms with Crippen LogP contribution in [0.2, 0.25) is 0 Å². The Hall–Kier alpha value is 1.19. The summed E-state index contributed by atoms with van der Waals surface area (Å²) in [7, 11) is 0. The first-order valence-corrected chi connectivity index (χ1v) is 10.8. The summed E-state index contributed by atoms with van der Waals surface area (Å²) >= 11 is 8.37. The van der Waals surface area contributed by atoms with Gasteiger partial charge in [-0.1, -0.05) is 0 Å². The van der Waals surface area contributed by atoms with E-state index in [9.17, 15) is 15.0 Å². The van der Waals surface area contributed by atoms with Crippen molar-refractivity contribution in [2.45, 2.75) is 12.5 Å².